The van der Waals surface area contributed by atoms with Gasteiger partial charge in [0.15, 0.2) is 5.96 Å². The number of halogens is 1. The minimum absolute atomic E-state index is 0. The second-order valence-electron chi connectivity index (χ2n) is 7.50. The molecule has 1 heterocycles. The summed E-state index contributed by atoms with van der Waals surface area (Å²) in [4.78, 5) is 7.26. The van der Waals surface area contributed by atoms with Crippen molar-refractivity contribution in [3.8, 4) is 5.75 Å². The average molecular weight is 538 g/mol. The molecule has 0 radical (unpaired) electrons. The molecule has 1 unspecified atom stereocenters. The van der Waals surface area contributed by atoms with Crippen LogP contribution in [0.5, 0.6) is 5.75 Å². The summed E-state index contributed by atoms with van der Waals surface area (Å²) in [6.07, 6.45) is 0. The lowest BCUT2D eigenvalue weighted by molar-refractivity contribution is 0.0170. The molecule has 1 atom stereocenters. The molecule has 0 amide bonds. The van der Waals surface area contributed by atoms with E-state index in [9.17, 15) is 0 Å². The predicted molar refractivity (Wildman–Crippen MR) is 138 cm³/mol. The first-order valence-electron chi connectivity index (χ1n) is 10.7. The van der Waals surface area contributed by atoms with Gasteiger partial charge in [-0.25, -0.2) is 4.99 Å². The highest BCUT2D eigenvalue weighted by Crippen LogP contribution is 2.23. The van der Waals surface area contributed by atoms with Crippen molar-refractivity contribution in [2.75, 3.05) is 46.5 Å². The van der Waals surface area contributed by atoms with Crippen LogP contribution in [0.25, 0.3) is 0 Å². The number of benzene rings is 2. The Morgan fingerprint density at radius 1 is 1.06 bits per heavy atom. The van der Waals surface area contributed by atoms with E-state index in [0.29, 0.717) is 6.54 Å². The van der Waals surface area contributed by atoms with E-state index < -0.39 is 0 Å². The van der Waals surface area contributed by atoms with Crippen molar-refractivity contribution >= 4 is 29.9 Å². The fraction of sp³-hybridized carbons (Fsp3) is 0.458. The first-order valence-corrected chi connectivity index (χ1v) is 10.7. The molecule has 0 aromatic heterocycles. The van der Waals surface area contributed by atoms with Crippen LogP contribution in [-0.4, -0.2) is 57.4 Å². The summed E-state index contributed by atoms with van der Waals surface area (Å²) in [7, 11) is 1.70. The van der Waals surface area contributed by atoms with Gasteiger partial charge >= 0.3 is 0 Å². The Kier molecular flexibility index (Phi) is 11.1. The number of rotatable bonds is 8. The molecule has 170 valence electrons. The van der Waals surface area contributed by atoms with Crippen molar-refractivity contribution in [3.63, 3.8) is 0 Å². The molecule has 1 aliphatic heterocycles. The molecule has 1 saturated heterocycles. The van der Waals surface area contributed by atoms with E-state index in [2.05, 4.69) is 65.8 Å². The van der Waals surface area contributed by atoms with Crippen LogP contribution >= 0.6 is 24.0 Å². The summed E-state index contributed by atoms with van der Waals surface area (Å²) >= 11 is 0. The van der Waals surface area contributed by atoms with E-state index in [1.54, 1.807) is 7.11 Å². The number of hydrogen-bond donors (Lipinski definition) is 2. The fourth-order valence-electron chi connectivity index (χ4n) is 3.57. The molecule has 6 nitrogen and oxygen atoms in total. The van der Waals surface area contributed by atoms with Crippen molar-refractivity contribution in [3.05, 3.63) is 65.2 Å². The van der Waals surface area contributed by atoms with Crippen LogP contribution < -0.4 is 15.4 Å². The fourth-order valence-corrected chi connectivity index (χ4v) is 3.57. The predicted octanol–water partition coefficient (Wildman–Crippen LogP) is 3.75. The van der Waals surface area contributed by atoms with E-state index in [0.717, 1.165) is 51.1 Å². The minimum Gasteiger partial charge on any atom is -0.497 e. The van der Waals surface area contributed by atoms with Crippen molar-refractivity contribution in [2.24, 2.45) is 4.99 Å². The third kappa shape index (κ3) is 7.97. The number of morpholine rings is 1. The lowest BCUT2D eigenvalue weighted by Crippen LogP contribution is -2.46. The number of nitrogens with zero attached hydrogens (tertiary/aromatic N) is 2. The van der Waals surface area contributed by atoms with Gasteiger partial charge in [-0.05, 0) is 37.1 Å². The van der Waals surface area contributed by atoms with E-state index in [-0.39, 0.29) is 30.0 Å². The summed E-state index contributed by atoms with van der Waals surface area (Å²) in [5, 5.41) is 6.92. The van der Waals surface area contributed by atoms with E-state index in [4.69, 9.17) is 14.5 Å². The number of aryl methyl sites for hydroxylation is 1. The Labute approximate surface area is 203 Å². The molecule has 0 saturated carbocycles. The third-order valence-corrected chi connectivity index (χ3v) is 5.33. The molecular weight excluding hydrogens is 503 g/mol. The van der Waals surface area contributed by atoms with Crippen LogP contribution in [0, 0.1) is 6.92 Å². The molecule has 2 aromatic carbocycles. The molecule has 0 bridgehead atoms. The summed E-state index contributed by atoms with van der Waals surface area (Å²) in [5.41, 5.74) is 3.73. The zero-order valence-corrected chi connectivity index (χ0v) is 21.1. The Balaban J connectivity index is 0.00000341. The van der Waals surface area contributed by atoms with Crippen molar-refractivity contribution in [1.29, 1.82) is 0 Å². The summed E-state index contributed by atoms with van der Waals surface area (Å²) in [6, 6.07) is 17.1. The molecule has 3 rings (SSSR count). The Bertz CT molecular complexity index is 790. The number of ether oxygens (including phenoxy) is 2. The molecule has 2 aromatic rings. The molecule has 1 fully saturated rings. The third-order valence-electron chi connectivity index (χ3n) is 5.33. The molecule has 2 N–H and O–H groups in total. The van der Waals surface area contributed by atoms with Gasteiger partial charge in [0.2, 0.25) is 0 Å². The molecule has 7 heteroatoms. The van der Waals surface area contributed by atoms with Gasteiger partial charge in [-0.3, -0.25) is 4.90 Å². The second-order valence-corrected chi connectivity index (χ2v) is 7.50. The van der Waals surface area contributed by atoms with Crippen LogP contribution in [0.4, 0.5) is 0 Å². The van der Waals surface area contributed by atoms with Gasteiger partial charge in [0, 0.05) is 26.2 Å². The Morgan fingerprint density at radius 2 is 1.74 bits per heavy atom. The maximum atomic E-state index is 5.56. The van der Waals surface area contributed by atoms with Crippen LogP contribution in [-0.2, 0) is 11.3 Å². The average Bonchev–Trinajstić information content (AvgIpc) is 2.79. The van der Waals surface area contributed by atoms with Crippen molar-refractivity contribution < 1.29 is 9.47 Å². The first-order chi connectivity index (χ1) is 14.7. The quantitative estimate of drug-likeness (QED) is 0.305. The lowest BCUT2D eigenvalue weighted by atomic mass is 10.0. The highest BCUT2D eigenvalue weighted by molar-refractivity contribution is 14.0. The zero-order chi connectivity index (χ0) is 21.2. The molecule has 1 aliphatic rings. The van der Waals surface area contributed by atoms with Gasteiger partial charge in [-0.1, -0.05) is 42.0 Å². The zero-order valence-electron chi connectivity index (χ0n) is 18.8. The number of nitrogens with one attached hydrogen (secondary N) is 2. The van der Waals surface area contributed by atoms with Gasteiger partial charge in [0.25, 0.3) is 0 Å². The highest BCUT2D eigenvalue weighted by atomic mass is 127. The standard InChI is InChI=1S/C24H34N4O2.HI/c1-4-25-24(26-17-20-7-5-19(2)6-8-20)27-18-23(28-13-15-30-16-14-28)21-9-11-22(29-3)12-10-21;/h5-12,23H,4,13-18H2,1-3H3,(H2,25,26,27);1H. The number of aliphatic imine (C=N–C) groups is 1. The molecule has 0 aliphatic carbocycles. The van der Waals surface area contributed by atoms with Crippen LogP contribution in [0.15, 0.2) is 53.5 Å². The van der Waals surface area contributed by atoms with Crippen LogP contribution in [0.3, 0.4) is 0 Å². The molecule has 0 spiro atoms. The lowest BCUT2D eigenvalue weighted by Gasteiger charge is -2.35. The number of guanidine groups is 1. The smallest absolute Gasteiger partial charge is 0.191 e. The van der Waals surface area contributed by atoms with Crippen LogP contribution in [0.2, 0.25) is 0 Å². The van der Waals surface area contributed by atoms with Gasteiger partial charge in [-0.2, -0.15) is 0 Å². The second kappa shape index (κ2) is 13.5. The van der Waals surface area contributed by atoms with Gasteiger partial charge in [0.1, 0.15) is 5.75 Å². The summed E-state index contributed by atoms with van der Waals surface area (Å²) in [5.74, 6) is 1.71. The van der Waals surface area contributed by atoms with Gasteiger partial charge < -0.3 is 20.1 Å². The SMILES string of the molecule is CCNC(=NCc1ccc(C)cc1)NCC(c1ccc(OC)cc1)N1CCOCC1.I. The van der Waals surface area contributed by atoms with Gasteiger partial charge in [0.05, 0.1) is 32.9 Å². The first kappa shape index (κ1) is 25.4. The summed E-state index contributed by atoms with van der Waals surface area (Å²) < 4.78 is 10.9. The maximum absolute atomic E-state index is 5.56. The number of hydrogen-bond acceptors (Lipinski definition) is 4. The normalized spacial score (nSPS) is 15.6. The Hall–Kier alpha value is -1.84. The molecular formula is C24H35IN4O2. The van der Waals surface area contributed by atoms with Crippen molar-refractivity contribution in [1.82, 2.24) is 15.5 Å². The number of methoxy groups -OCH3 is 1. The monoisotopic (exact) mass is 538 g/mol. The Morgan fingerprint density at radius 3 is 2.35 bits per heavy atom. The van der Waals surface area contributed by atoms with E-state index >= 15 is 0 Å². The van der Waals surface area contributed by atoms with E-state index in [1.165, 1.54) is 16.7 Å². The van der Waals surface area contributed by atoms with E-state index in [1.807, 2.05) is 12.1 Å². The largest absolute Gasteiger partial charge is 0.497 e. The maximum Gasteiger partial charge on any atom is 0.191 e. The van der Waals surface area contributed by atoms with Crippen LogP contribution in [0.1, 0.15) is 29.7 Å². The summed E-state index contributed by atoms with van der Waals surface area (Å²) in [6.45, 7) is 9.83. The highest BCUT2D eigenvalue weighted by Gasteiger charge is 2.23. The minimum atomic E-state index is 0. The van der Waals surface area contributed by atoms with Gasteiger partial charge in [-0.15, -0.1) is 24.0 Å². The van der Waals surface area contributed by atoms with Crippen molar-refractivity contribution in [2.45, 2.75) is 26.4 Å². The molecule has 31 heavy (non-hydrogen) atoms. The topological polar surface area (TPSA) is 58.1 Å².